The largest absolute Gasteiger partial charge is 0.352 e. The van der Waals surface area contributed by atoms with E-state index in [0.717, 1.165) is 23.0 Å². The summed E-state index contributed by atoms with van der Waals surface area (Å²) in [5, 5.41) is 5.68. The van der Waals surface area contributed by atoms with E-state index in [4.69, 9.17) is 0 Å². The number of hydrogen-bond donors (Lipinski definition) is 2. The highest BCUT2D eigenvalue weighted by Gasteiger charge is 2.20. The Balaban J connectivity index is 2.07. The standard InChI is InChI=1S/C22H28BrN3O2/c1-4-13-26(16(3)19-11-6-7-12-20(19)23)15-21(27)25-18-10-8-9-17(14-18)22(28)24-5-2/h6-12,14,16H,4-5,13,15H2,1-3H3,(H,24,28)(H,25,27). The summed E-state index contributed by atoms with van der Waals surface area (Å²) < 4.78 is 1.04. The normalized spacial score (nSPS) is 11.9. The van der Waals surface area contributed by atoms with E-state index in [1.165, 1.54) is 0 Å². The second-order valence-electron chi connectivity index (χ2n) is 6.66. The molecule has 2 aromatic rings. The molecule has 2 amide bonds. The zero-order valence-electron chi connectivity index (χ0n) is 16.7. The lowest BCUT2D eigenvalue weighted by molar-refractivity contribution is -0.117. The molecule has 150 valence electrons. The van der Waals surface area contributed by atoms with Crippen LogP contribution in [0.25, 0.3) is 0 Å². The number of benzene rings is 2. The molecule has 2 aromatic carbocycles. The molecule has 0 aliphatic carbocycles. The van der Waals surface area contributed by atoms with Gasteiger partial charge in [0.2, 0.25) is 5.91 Å². The first kappa shape index (κ1) is 22.1. The molecule has 2 rings (SSSR count). The molecular formula is C22H28BrN3O2. The molecule has 28 heavy (non-hydrogen) atoms. The molecule has 1 unspecified atom stereocenters. The minimum Gasteiger partial charge on any atom is -0.352 e. The van der Waals surface area contributed by atoms with Crippen molar-refractivity contribution in [1.29, 1.82) is 0 Å². The lowest BCUT2D eigenvalue weighted by Gasteiger charge is -2.29. The molecule has 0 saturated carbocycles. The Bertz CT molecular complexity index is 810. The van der Waals surface area contributed by atoms with Gasteiger partial charge in [0.1, 0.15) is 0 Å². The van der Waals surface area contributed by atoms with Crippen molar-refractivity contribution in [2.24, 2.45) is 0 Å². The number of nitrogens with zero attached hydrogens (tertiary/aromatic N) is 1. The molecule has 0 aromatic heterocycles. The van der Waals surface area contributed by atoms with Gasteiger partial charge in [-0.2, -0.15) is 0 Å². The topological polar surface area (TPSA) is 61.4 Å². The van der Waals surface area contributed by atoms with Crippen LogP contribution >= 0.6 is 15.9 Å². The Morgan fingerprint density at radius 2 is 1.86 bits per heavy atom. The number of hydrogen-bond acceptors (Lipinski definition) is 3. The predicted octanol–water partition coefficient (Wildman–Crippen LogP) is 4.61. The lowest BCUT2D eigenvalue weighted by atomic mass is 10.1. The van der Waals surface area contributed by atoms with Gasteiger partial charge in [-0.05, 0) is 56.6 Å². The van der Waals surface area contributed by atoms with E-state index in [1.807, 2.05) is 25.1 Å². The first-order chi connectivity index (χ1) is 13.5. The van der Waals surface area contributed by atoms with Gasteiger partial charge in [0.15, 0.2) is 0 Å². The van der Waals surface area contributed by atoms with E-state index in [2.05, 4.69) is 51.4 Å². The quantitative estimate of drug-likeness (QED) is 0.592. The smallest absolute Gasteiger partial charge is 0.251 e. The highest BCUT2D eigenvalue weighted by atomic mass is 79.9. The van der Waals surface area contributed by atoms with Crippen LogP contribution < -0.4 is 10.6 Å². The zero-order valence-corrected chi connectivity index (χ0v) is 18.3. The van der Waals surface area contributed by atoms with E-state index >= 15 is 0 Å². The second kappa shape index (κ2) is 11.0. The fraction of sp³-hybridized carbons (Fsp3) is 0.364. The van der Waals surface area contributed by atoms with Gasteiger partial charge in [-0.3, -0.25) is 14.5 Å². The fourth-order valence-electron chi connectivity index (χ4n) is 3.09. The first-order valence-corrected chi connectivity index (χ1v) is 10.4. The monoisotopic (exact) mass is 445 g/mol. The Morgan fingerprint density at radius 3 is 2.54 bits per heavy atom. The molecule has 0 spiro atoms. The third-order valence-electron chi connectivity index (χ3n) is 4.51. The summed E-state index contributed by atoms with van der Waals surface area (Å²) in [6, 6.07) is 15.2. The average molecular weight is 446 g/mol. The van der Waals surface area contributed by atoms with Crippen LogP contribution in [0.2, 0.25) is 0 Å². The molecule has 0 fully saturated rings. The van der Waals surface area contributed by atoms with Crippen LogP contribution in [0.3, 0.4) is 0 Å². The molecule has 0 saturated heterocycles. The Labute approximate surface area is 175 Å². The lowest BCUT2D eigenvalue weighted by Crippen LogP contribution is -2.36. The maximum Gasteiger partial charge on any atom is 0.251 e. The van der Waals surface area contributed by atoms with Gasteiger partial charge in [0.05, 0.1) is 6.54 Å². The van der Waals surface area contributed by atoms with Gasteiger partial charge in [-0.1, -0.05) is 47.1 Å². The van der Waals surface area contributed by atoms with Gasteiger partial charge in [0, 0.05) is 28.3 Å². The molecule has 1 atom stereocenters. The molecule has 2 N–H and O–H groups in total. The molecule has 0 aliphatic rings. The van der Waals surface area contributed by atoms with E-state index in [-0.39, 0.29) is 24.4 Å². The maximum atomic E-state index is 12.7. The van der Waals surface area contributed by atoms with Crippen molar-refractivity contribution >= 4 is 33.4 Å². The SMILES string of the molecule is CCCN(CC(=O)Nc1cccc(C(=O)NCC)c1)C(C)c1ccccc1Br. The van der Waals surface area contributed by atoms with Crippen LogP contribution in [0, 0.1) is 0 Å². The molecule has 0 bridgehead atoms. The van der Waals surface area contributed by atoms with Gasteiger partial charge in [-0.15, -0.1) is 0 Å². The molecule has 0 radical (unpaired) electrons. The third-order valence-corrected chi connectivity index (χ3v) is 5.23. The van der Waals surface area contributed by atoms with Gasteiger partial charge in [0.25, 0.3) is 5.91 Å². The number of carbonyl (C=O) groups is 2. The first-order valence-electron chi connectivity index (χ1n) is 9.62. The Hall–Kier alpha value is -2.18. The molecular weight excluding hydrogens is 418 g/mol. The summed E-state index contributed by atoms with van der Waals surface area (Å²) in [7, 11) is 0. The van der Waals surface area contributed by atoms with Crippen LogP contribution in [0.15, 0.2) is 53.0 Å². The minimum absolute atomic E-state index is 0.0968. The number of nitrogens with one attached hydrogen (secondary N) is 2. The maximum absolute atomic E-state index is 12.7. The highest BCUT2D eigenvalue weighted by Crippen LogP contribution is 2.27. The van der Waals surface area contributed by atoms with E-state index in [1.54, 1.807) is 24.3 Å². The molecule has 5 nitrogen and oxygen atoms in total. The van der Waals surface area contributed by atoms with Crippen LogP contribution in [-0.2, 0) is 4.79 Å². The third kappa shape index (κ3) is 6.17. The van der Waals surface area contributed by atoms with Crippen LogP contribution in [0.4, 0.5) is 5.69 Å². The summed E-state index contributed by atoms with van der Waals surface area (Å²) in [6.07, 6.45) is 0.953. The van der Waals surface area contributed by atoms with Crippen molar-refractivity contribution in [1.82, 2.24) is 10.2 Å². The fourth-order valence-corrected chi connectivity index (χ4v) is 3.71. The zero-order chi connectivity index (χ0) is 20.5. The summed E-state index contributed by atoms with van der Waals surface area (Å²) in [5.41, 5.74) is 2.31. The highest BCUT2D eigenvalue weighted by molar-refractivity contribution is 9.10. The summed E-state index contributed by atoms with van der Waals surface area (Å²) in [5.74, 6) is -0.242. The number of amides is 2. The number of carbonyl (C=O) groups excluding carboxylic acids is 2. The molecule has 0 aliphatic heterocycles. The second-order valence-corrected chi connectivity index (χ2v) is 7.51. The number of rotatable bonds is 9. The van der Waals surface area contributed by atoms with Crippen LogP contribution in [0.5, 0.6) is 0 Å². The summed E-state index contributed by atoms with van der Waals surface area (Å²) >= 11 is 3.61. The summed E-state index contributed by atoms with van der Waals surface area (Å²) in [4.78, 5) is 26.8. The van der Waals surface area contributed by atoms with E-state index in [0.29, 0.717) is 17.8 Å². The van der Waals surface area contributed by atoms with Crippen LogP contribution in [-0.4, -0.2) is 36.3 Å². The number of anilines is 1. The molecule has 6 heteroatoms. The van der Waals surface area contributed by atoms with Crippen molar-refractivity contribution in [2.75, 3.05) is 25.0 Å². The Morgan fingerprint density at radius 1 is 1.11 bits per heavy atom. The van der Waals surface area contributed by atoms with E-state index in [9.17, 15) is 9.59 Å². The summed E-state index contributed by atoms with van der Waals surface area (Å²) in [6.45, 7) is 7.75. The van der Waals surface area contributed by atoms with Crippen molar-refractivity contribution < 1.29 is 9.59 Å². The van der Waals surface area contributed by atoms with E-state index < -0.39 is 0 Å². The van der Waals surface area contributed by atoms with Crippen molar-refractivity contribution in [3.8, 4) is 0 Å². The Kier molecular flexibility index (Phi) is 8.67. The van der Waals surface area contributed by atoms with Gasteiger partial charge in [-0.25, -0.2) is 0 Å². The van der Waals surface area contributed by atoms with Gasteiger partial charge < -0.3 is 10.6 Å². The predicted molar refractivity (Wildman–Crippen MR) is 117 cm³/mol. The van der Waals surface area contributed by atoms with Gasteiger partial charge >= 0.3 is 0 Å². The average Bonchev–Trinajstić information content (AvgIpc) is 2.68. The van der Waals surface area contributed by atoms with Crippen molar-refractivity contribution in [2.45, 2.75) is 33.2 Å². The molecule has 0 heterocycles. The number of halogens is 1. The van der Waals surface area contributed by atoms with Crippen LogP contribution in [0.1, 0.15) is 49.2 Å². The van der Waals surface area contributed by atoms with Crippen molar-refractivity contribution in [3.63, 3.8) is 0 Å². The van der Waals surface area contributed by atoms with Crippen molar-refractivity contribution in [3.05, 3.63) is 64.1 Å². The minimum atomic E-state index is -0.145.